The first-order chi connectivity index (χ1) is 11.9. The van der Waals surface area contributed by atoms with Gasteiger partial charge in [-0.3, -0.25) is 4.79 Å². The minimum absolute atomic E-state index is 0.0427. The zero-order valence-corrected chi connectivity index (χ0v) is 14.8. The maximum absolute atomic E-state index is 13.3. The molecule has 0 saturated carbocycles. The van der Waals surface area contributed by atoms with Gasteiger partial charge >= 0.3 is 12.3 Å². The van der Waals surface area contributed by atoms with Crippen molar-refractivity contribution in [2.24, 2.45) is 0 Å². The fourth-order valence-electron chi connectivity index (χ4n) is 2.20. The Bertz CT molecular complexity index is 627. The third kappa shape index (κ3) is 7.30. The van der Waals surface area contributed by atoms with Crippen LogP contribution in [0.3, 0.4) is 0 Å². The van der Waals surface area contributed by atoms with Crippen molar-refractivity contribution in [1.82, 2.24) is 10.6 Å². The monoisotopic (exact) mass is 376 g/mol. The van der Waals surface area contributed by atoms with Crippen LogP contribution in [0.2, 0.25) is 0 Å². The van der Waals surface area contributed by atoms with Gasteiger partial charge in [0.25, 0.3) is 0 Å². The number of aliphatic hydroxyl groups is 1. The predicted octanol–water partition coefficient (Wildman–Crippen LogP) is 2.77. The molecular formula is C17H23F3N2O4. The Morgan fingerprint density at radius 2 is 1.81 bits per heavy atom. The normalized spacial score (nSPS) is 13.0. The Morgan fingerprint density at radius 3 is 2.35 bits per heavy atom. The second-order valence-electron chi connectivity index (χ2n) is 6.56. The molecule has 1 aromatic rings. The molecule has 0 radical (unpaired) electrons. The van der Waals surface area contributed by atoms with E-state index in [1.54, 1.807) is 20.8 Å². The van der Waals surface area contributed by atoms with E-state index in [-0.39, 0.29) is 18.7 Å². The van der Waals surface area contributed by atoms with E-state index in [9.17, 15) is 22.8 Å². The highest BCUT2D eigenvalue weighted by molar-refractivity contribution is 5.78. The number of halogens is 3. The van der Waals surface area contributed by atoms with Crippen LogP contribution in [0.15, 0.2) is 24.3 Å². The number of alkyl carbamates (subject to hydrolysis) is 1. The average Bonchev–Trinajstić information content (AvgIpc) is 2.49. The molecule has 0 aliphatic rings. The van der Waals surface area contributed by atoms with Crippen molar-refractivity contribution in [3.05, 3.63) is 35.4 Å². The Hall–Kier alpha value is -2.29. The van der Waals surface area contributed by atoms with Crippen LogP contribution in [0, 0.1) is 0 Å². The predicted molar refractivity (Wildman–Crippen MR) is 88.3 cm³/mol. The van der Waals surface area contributed by atoms with Gasteiger partial charge in [0.05, 0.1) is 24.6 Å². The van der Waals surface area contributed by atoms with E-state index < -0.39 is 41.8 Å². The summed E-state index contributed by atoms with van der Waals surface area (Å²) in [6.07, 6.45) is -6.02. The molecule has 146 valence electrons. The number of carbonyl (C=O) groups excluding carboxylic acids is 2. The van der Waals surface area contributed by atoms with Crippen molar-refractivity contribution in [2.45, 2.75) is 45.0 Å². The van der Waals surface area contributed by atoms with Crippen molar-refractivity contribution in [3.63, 3.8) is 0 Å². The number of hydrogen-bond donors (Lipinski definition) is 3. The van der Waals surface area contributed by atoms with Gasteiger partial charge in [0.15, 0.2) is 0 Å². The number of amides is 2. The quantitative estimate of drug-likeness (QED) is 0.712. The summed E-state index contributed by atoms with van der Waals surface area (Å²) in [4.78, 5) is 23.9. The summed E-state index contributed by atoms with van der Waals surface area (Å²) in [6.45, 7) is 4.48. The third-order valence-electron chi connectivity index (χ3n) is 3.16. The molecule has 6 nitrogen and oxygen atoms in total. The number of hydrogen-bond acceptors (Lipinski definition) is 4. The molecule has 2 amide bonds. The van der Waals surface area contributed by atoms with Gasteiger partial charge in [-0.15, -0.1) is 0 Å². The molecule has 0 aromatic heterocycles. The molecule has 0 heterocycles. The first kappa shape index (κ1) is 21.8. The Kier molecular flexibility index (Phi) is 7.43. The summed E-state index contributed by atoms with van der Waals surface area (Å²) >= 11 is 0. The lowest BCUT2D eigenvalue weighted by atomic mass is 9.97. The topological polar surface area (TPSA) is 87.7 Å². The first-order valence-electron chi connectivity index (χ1n) is 7.97. The molecule has 26 heavy (non-hydrogen) atoms. The van der Waals surface area contributed by atoms with Gasteiger partial charge in [0.1, 0.15) is 5.60 Å². The molecule has 0 unspecified atom stereocenters. The molecule has 0 bridgehead atoms. The largest absolute Gasteiger partial charge is 0.444 e. The lowest BCUT2D eigenvalue weighted by Crippen LogP contribution is -2.38. The van der Waals surface area contributed by atoms with E-state index in [1.165, 1.54) is 18.2 Å². The van der Waals surface area contributed by atoms with E-state index in [2.05, 4.69) is 10.6 Å². The molecule has 0 aliphatic heterocycles. The van der Waals surface area contributed by atoms with Crippen LogP contribution >= 0.6 is 0 Å². The number of benzene rings is 1. The molecule has 0 fully saturated rings. The Labute approximate surface area is 149 Å². The van der Waals surface area contributed by atoms with Crippen molar-refractivity contribution in [1.29, 1.82) is 0 Å². The summed E-state index contributed by atoms with van der Waals surface area (Å²) in [5.41, 5.74) is -2.04. The van der Waals surface area contributed by atoms with E-state index >= 15 is 0 Å². The summed E-state index contributed by atoms with van der Waals surface area (Å²) < 4.78 is 44.9. The van der Waals surface area contributed by atoms with Crippen LogP contribution in [0.4, 0.5) is 18.0 Å². The van der Waals surface area contributed by atoms with Gasteiger partial charge in [0.2, 0.25) is 5.91 Å². The fourth-order valence-corrected chi connectivity index (χ4v) is 2.20. The van der Waals surface area contributed by atoms with Crippen LogP contribution in [-0.2, 0) is 15.7 Å². The van der Waals surface area contributed by atoms with E-state index in [4.69, 9.17) is 9.84 Å². The summed E-state index contributed by atoms with van der Waals surface area (Å²) in [5.74, 6) is -0.614. The molecule has 9 heteroatoms. The molecule has 1 rings (SSSR count). The Morgan fingerprint density at radius 1 is 1.19 bits per heavy atom. The van der Waals surface area contributed by atoms with Crippen LogP contribution in [-0.4, -0.2) is 35.9 Å². The van der Waals surface area contributed by atoms with Crippen LogP contribution in [0.25, 0.3) is 0 Å². The van der Waals surface area contributed by atoms with Gasteiger partial charge in [-0.1, -0.05) is 18.2 Å². The smallest absolute Gasteiger partial charge is 0.416 e. The Balaban J connectivity index is 3.12. The average molecular weight is 376 g/mol. The zero-order valence-electron chi connectivity index (χ0n) is 14.8. The standard InChI is InChI=1S/C17H23F3N2O4/c1-16(2,3)26-15(25)22-13(10-14(24)21-8-9-23)11-6-4-5-7-12(11)17(18,19)20/h4-7,13,23H,8-10H2,1-3H3,(H,21,24)(H,22,25)/t13-/m0/s1. The van der Waals surface area contributed by atoms with Gasteiger partial charge in [-0.25, -0.2) is 4.79 Å². The highest BCUT2D eigenvalue weighted by Crippen LogP contribution is 2.35. The van der Waals surface area contributed by atoms with Crippen LogP contribution in [0.5, 0.6) is 0 Å². The molecular weight excluding hydrogens is 353 g/mol. The third-order valence-corrected chi connectivity index (χ3v) is 3.16. The first-order valence-corrected chi connectivity index (χ1v) is 7.97. The molecule has 0 spiro atoms. The summed E-state index contributed by atoms with van der Waals surface area (Å²) in [6, 6.07) is 3.44. The lowest BCUT2D eigenvalue weighted by molar-refractivity contribution is -0.138. The minimum atomic E-state index is -4.65. The molecule has 3 N–H and O–H groups in total. The maximum Gasteiger partial charge on any atom is 0.416 e. The van der Waals surface area contributed by atoms with Crippen molar-refractivity contribution in [2.75, 3.05) is 13.2 Å². The molecule has 1 atom stereocenters. The number of nitrogens with one attached hydrogen (secondary N) is 2. The molecule has 0 saturated heterocycles. The van der Waals surface area contributed by atoms with E-state index in [0.717, 1.165) is 6.07 Å². The molecule has 1 aromatic carbocycles. The van der Waals surface area contributed by atoms with Gasteiger partial charge in [0, 0.05) is 6.54 Å². The second kappa shape index (κ2) is 8.88. The summed E-state index contributed by atoms with van der Waals surface area (Å²) in [7, 11) is 0. The van der Waals surface area contributed by atoms with Crippen LogP contribution in [0.1, 0.15) is 44.4 Å². The van der Waals surface area contributed by atoms with Gasteiger partial charge < -0.3 is 20.5 Å². The van der Waals surface area contributed by atoms with E-state index in [0.29, 0.717) is 0 Å². The van der Waals surface area contributed by atoms with Crippen LogP contribution < -0.4 is 10.6 Å². The van der Waals surface area contributed by atoms with Gasteiger partial charge in [-0.05, 0) is 32.4 Å². The van der Waals surface area contributed by atoms with Crippen molar-refractivity contribution < 1.29 is 32.6 Å². The number of rotatable bonds is 6. The highest BCUT2D eigenvalue weighted by Gasteiger charge is 2.36. The maximum atomic E-state index is 13.3. The molecule has 0 aliphatic carbocycles. The lowest BCUT2D eigenvalue weighted by Gasteiger charge is -2.25. The van der Waals surface area contributed by atoms with Crippen molar-refractivity contribution >= 4 is 12.0 Å². The number of ether oxygens (including phenoxy) is 1. The fraction of sp³-hybridized carbons (Fsp3) is 0.529. The zero-order chi connectivity index (χ0) is 20.0. The second-order valence-corrected chi connectivity index (χ2v) is 6.56. The van der Waals surface area contributed by atoms with Gasteiger partial charge in [-0.2, -0.15) is 13.2 Å². The number of alkyl halides is 3. The van der Waals surface area contributed by atoms with Crippen molar-refractivity contribution in [3.8, 4) is 0 Å². The highest BCUT2D eigenvalue weighted by atomic mass is 19.4. The number of aliphatic hydroxyl groups excluding tert-OH is 1. The SMILES string of the molecule is CC(C)(C)OC(=O)N[C@@H](CC(=O)NCCO)c1ccccc1C(F)(F)F. The minimum Gasteiger partial charge on any atom is -0.444 e. The number of carbonyl (C=O) groups is 2. The summed E-state index contributed by atoms with van der Waals surface area (Å²) in [5, 5.41) is 13.4. The van der Waals surface area contributed by atoms with E-state index in [1.807, 2.05) is 0 Å².